The molecule has 0 aliphatic rings. The van der Waals surface area contributed by atoms with Crippen molar-refractivity contribution in [2.24, 2.45) is 0 Å². The van der Waals surface area contributed by atoms with E-state index in [0.717, 1.165) is 17.3 Å². The first kappa shape index (κ1) is 15.9. The van der Waals surface area contributed by atoms with E-state index in [9.17, 15) is 4.57 Å². The molecule has 0 aliphatic carbocycles. The van der Waals surface area contributed by atoms with Crippen LogP contribution >= 0.6 is 18.6 Å². The summed E-state index contributed by atoms with van der Waals surface area (Å²) in [4.78, 5) is 8.63. The fourth-order valence-corrected chi connectivity index (χ4v) is 4.79. The Balaban J connectivity index is 0. The molecule has 0 radical (unpaired) electrons. The van der Waals surface area contributed by atoms with Crippen LogP contribution in [-0.4, -0.2) is 51.7 Å². The van der Waals surface area contributed by atoms with Crippen LogP contribution in [-0.2, 0) is 8.54 Å². The molecule has 0 saturated heterocycles. The van der Waals surface area contributed by atoms with Crippen LogP contribution in [0.3, 0.4) is 0 Å². The van der Waals surface area contributed by atoms with Gasteiger partial charge in [0.1, 0.15) is 0 Å². The zero-order valence-corrected chi connectivity index (χ0v) is 9.11. The van der Waals surface area contributed by atoms with Gasteiger partial charge in [0.05, 0.1) is 0 Å². The molecule has 3 nitrogen and oxygen atoms in total. The molecular weight excluding hydrogens is 206 g/mol. The fourth-order valence-electron chi connectivity index (χ4n) is 0.940. The first-order chi connectivity index (χ1) is 5.10. The Hall–Kier alpha value is 1.50. The summed E-state index contributed by atoms with van der Waals surface area (Å²) in [7, 11) is -3.97. The van der Waals surface area contributed by atoms with Crippen LogP contribution in [0.15, 0.2) is 0 Å². The summed E-state index contributed by atoms with van der Waals surface area (Å²) in [6, 6.07) is 0. The van der Waals surface area contributed by atoms with Gasteiger partial charge in [-0.2, -0.15) is 0 Å². The van der Waals surface area contributed by atoms with Gasteiger partial charge in [0.2, 0.25) is 0 Å². The number of hydrogen-bond acceptors (Lipinski definition) is 2. The molecule has 72 valence electrons. The quantitative estimate of drug-likeness (QED) is 0.569. The molecule has 0 saturated carbocycles. The second kappa shape index (κ2) is 7.86. The van der Waals surface area contributed by atoms with Crippen LogP contribution in [0, 0.1) is 0 Å². The summed E-state index contributed by atoms with van der Waals surface area (Å²) in [6.07, 6.45) is 0. The van der Waals surface area contributed by atoms with Crippen molar-refractivity contribution in [2.45, 2.75) is 20.8 Å². The summed E-state index contributed by atoms with van der Waals surface area (Å²) in [5.41, 5.74) is 0. The van der Waals surface area contributed by atoms with Crippen LogP contribution in [0.2, 0.25) is 0 Å². The monoisotopic (exact) mass is 224 g/mol. The molecule has 0 aromatic heterocycles. The standard InChI is InChI=1S/C6H17O3PS.Na.H/c1-4-11(5-2,6-3)9-10(7)8;;/h10H,4-6H2,1-3H3,(H,7,8);;. The Morgan fingerprint density at radius 3 is 1.67 bits per heavy atom. The average Bonchev–Trinajstić information content (AvgIpc) is 2.00. The molecule has 0 amide bonds. The third kappa shape index (κ3) is 5.28. The van der Waals surface area contributed by atoms with Crippen LogP contribution in [0.4, 0.5) is 0 Å². The second-order valence-corrected chi connectivity index (χ2v) is 7.04. The number of rotatable bonds is 5. The molecule has 0 fully saturated rings. The SMILES string of the molecule is CCS(CC)(CC)O[PH](=O)O.[NaH]. The summed E-state index contributed by atoms with van der Waals surface area (Å²) in [6.45, 7) is 6.02. The van der Waals surface area contributed by atoms with E-state index in [0.29, 0.717) is 0 Å². The fraction of sp³-hybridized carbons (Fsp3) is 1.00. The molecule has 0 aliphatic heterocycles. The molecule has 1 unspecified atom stereocenters. The van der Waals surface area contributed by atoms with Gasteiger partial charge in [0.15, 0.2) is 0 Å². The van der Waals surface area contributed by atoms with Crippen molar-refractivity contribution >= 4 is 48.1 Å². The van der Waals surface area contributed by atoms with Gasteiger partial charge < -0.3 is 4.89 Å². The Labute approximate surface area is 99.0 Å². The molecule has 0 rings (SSSR count). The average molecular weight is 224 g/mol. The van der Waals surface area contributed by atoms with E-state index in [1.807, 2.05) is 20.8 Å². The zero-order chi connectivity index (χ0) is 8.91. The first-order valence-corrected chi connectivity index (χ1v) is 7.11. The minimum absolute atomic E-state index is 0. The van der Waals surface area contributed by atoms with Crippen LogP contribution in [0.1, 0.15) is 20.8 Å². The predicted molar refractivity (Wildman–Crippen MR) is 58.7 cm³/mol. The molecule has 1 N–H and O–H groups in total. The van der Waals surface area contributed by atoms with Gasteiger partial charge in [-0.3, -0.25) is 8.54 Å². The van der Waals surface area contributed by atoms with E-state index in [1.54, 1.807) is 0 Å². The summed E-state index contributed by atoms with van der Waals surface area (Å²) >= 11 is 0. The van der Waals surface area contributed by atoms with Crippen LogP contribution < -0.4 is 0 Å². The first-order valence-electron chi connectivity index (χ1n) is 3.79. The molecular formula is C6H18NaO3PS. The molecule has 12 heavy (non-hydrogen) atoms. The van der Waals surface area contributed by atoms with Gasteiger partial charge in [0.25, 0.3) is 0 Å². The van der Waals surface area contributed by atoms with Crippen molar-refractivity contribution in [1.29, 1.82) is 0 Å². The summed E-state index contributed by atoms with van der Waals surface area (Å²) in [5, 5.41) is 0. The predicted octanol–water partition coefficient (Wildman–Crippen LogP) is 1.52. The summed E-state index contributed by atoms with van der Waals surface area (Å²) < 4.78 is 15.5. The van der Waals surface area contributed by atoms with E-state index < -0.39 is 18.6 Å². The number of hydrogen-bond donors (Lipinski definition) is 1. The Kier molecular flexibility index (Phi) is 10.5. The van der Waals surface area contributed by atoms with E-state index in [4.69, 9.17) is 8.86 Å². The van der Waals surface area contributed by atoms with Gasteiger partial charge in [-0.15, -0.1) is 10.3 Å². The molecule has 0 heterocycles. The Morgan fingerprint density at radius 1 is 1.25 bits per heavy atom. The molecule has 0 bridgehead atoms. The van der Waals surface area contributed by atoms with Crippen molar-refractivity contribution in [2.75, 3.05) is 17.3 Å². The van der Waals surface area contributed by atoms with Crippen molar-refractivity contribution in [3.8, 4) is 0 Å². The van der Waals surface area contributed by atoms with Crippen molar-refractivity contribution in [1.82, 2.24) is 0 Å². The van der Waals surface area contributed by atoms with E-state index in [1.165, 1.54) is 0 Å². The van der Waals surface area contributed by atoms with Gasteiger partial charge in [-0.25, -0.2) is 0 Å². The second-order valence-electron chi connectivity index (χ2n) is 2.18. The minimum atomic E-state index is -2.74. The van der Waals surface area contributed by atoms with Gasteiger partial charge in [0, 0.05) is 0 Å². The molecule has 1 atom stereocenters. The van der Waals surface area contributed by atoms with Crippen molar-refractivity contribution < 1.29 is 13.4 Å². The van der Waals surface area contributed by atoms with Crippen LogP contribution in [0.5, 0.6) is 0 Å². The van der Waals surface area contributed by atoms with E-state index >= 15 is 0 Å². The molecule has 0 aromatic rings. The van der Waals surface area contributed by atoms with E-state index in [-0.39, 0.29) is 29.6 Å². The Bertz CT molecular complexity index is 132. The van der Waals surface area contributed by atoms with Crippen molar-refractivity contribution in [3.63, 3.8) is 0 Å². The topological polar surface area (TPSA) is 46.5 Å². The maximum atomic E-state index is 10.5. The van der Waals surface area contributed by atoms with Gasteiger partial charge >= 0.3 is 37.8 Å². The third-order valence-electron chi connectivity index (χ3n) is 1.83. The molecule has 6 heteroatoms. The van der Waals surface area contributed by atoms with E-state index in [2.05, 4.69) is 0 Å². The molecule has 0 aromatic carbocycles. The molecule has 0 spiro atoms. The van der Waals surface area contributed by atoms with Gasteiger partial charge in [-0.1, -0.05) is 20.8 Å². The van der Waals surface area contributed by atoms with Crippen LogP contribution in [0.25, 0.3) is 0 Å². The third-order valence-corrected chi connectivity index (χ3v) is 6.97. The zero-order valence-electron chi connectivity index (χ0n) is 7.29. The van der Waals surface area contributed by atoms with Gasteiger partial charge in [-0.05, 0) is 17.3 Å². The Morgan fingerprint density at radius 2 is 1.58 bits per heavy atom. The maximum absolute atomic E-state index is 10.5. The normalized spacial score (nSPS) is 15.0. The van der Waals surface area contributed by atoms with Crippen molar-refractivity contribution in [3.05, 3.63) is 0 Å². The summed E-state index contributed by atoms with van der Waals surface area (Å²) in [5.74, 6) is 2.62.